The van der Waals surface area contributed by atoms with Crippen LogP contribution in [0.3, 0.4) is 0 Å². The van der Waals surface area contributed by atoms with Gasteiger partial charge in [-0.25, -0.2) is 0 Å². The van der Waals surface area contributed by atoms with Crippen molar-refractivity contribution < 1.29 is 9.84 Å². The zero-order valence-corrected chi connectivity index (χ0v) is 10.5. The van der Waals surface area contributed by atoms with Crippen LogP contribution in [0.25, 0.3) is 0 Å². The summed E-state index contributed by atoms with van der Waals surface area (Å²) < 4.78 is 5.81. The van der Waals surface area contributed by atoms with Crippen molar-refractivity contribution in [3.05, 3.63) is 0 Å². The Morgan fingerprint density at radius 2 is 2.20 bits per heavy atom. The average molecular weight is 214 g/mol. The monoisotopic (exact) mass is 214 g/mol. The van der Waals surface area contributed by atoms with Gasteiger partial charge < -0.3 is 9.84 Å². The van der Waals surface area contributed by atoms with E-state index in [0.29, 0.717) is 11.5 Å². The molecule has 1 aliphatic carbocycles. The molecule has 0 aliphatic heterocycles. The van der Waals surface area contributed by atoms with Crippen LogP contribution in [-0.2, 0) is 4.74 Å². The molecule has 15 heavy (non-hydrogen) atoms. The van der Waals surface area contributed by atoms with Gasteiger partial charge in [-0.05, 0) is 37.0 Å². The minimum atomic E-state index is 0.244. The molecular formula is C13H26O2. The topological polar surface area (TPSA) is 29.5 Å². The maximum absolute atomic E-state index is 8.71. The Labute approximate surface area is 94.0 Å². The third-order valence-electron chi connectivity index (χ3n) is 4.02. The SMILES string of the molecule is CC(C)C1(C)CCCC(OCCCO)C1. The highest BCUT2D eigenvalue weighted by molar-refractivity contribution is 4.85. The van der Waals surface area contributed by atoms with Gasteiger partial charge in [-0.3, -0.25) is 0 Å². The Balaban J connectivity index is 2.35. The predicted octanol–water partition coefficient (Wildman–Crippen LogP) is 2.99. The fourth-order valence-electron chi connectivity index (χ4n) is 2.44. The molecule has 2 atom stereocenters. The van der Waals surface area contributed by atoms with Crippen LogP contribution < -0.4 is 0 Å². The molecule has 1 aliphatic rings. The van der Waals surface area contributed by atoms with Gasteiger partial charge >= 0.3 is 0 Å². The van der Waals surface area contributed by atoms with E-state index in [9.17, 15) is 0 Å². The number of ether oxygens (including phenoxy) is 1. The molecular weight excluding hydrogens is 188 g/mol. The van der Waals surface area contributed by atoms with Crippen LogP contribution in [0.5, 0.6) is 0 Å². The largest absolute Gasteiger partial charge is 0.396 e. The number of aliphatic hydroxyl groups excluding tert-OH is 1. The van der Waals surface area contributed by atoms with Crippen molar-refractivity contribution >= 4 is 0 Å². The van der Waals surface area contributed by atoms with E-state index in [1.807, 2.05) is 0 Å². The van der Waals surface area contributed by atoms with Crippen molar-refractivity contribution in [2.45, 2.75) is 59.0 Å². The Kier molecular flexibility index (Phi) is 5.07. The van der Waals surface area contributed by atoms with Crippen LogP contribution in [-0.4, -0.2) is 24.4 Å². The van der Waals surface area contributed by atoms with Gasteiger partial charge in [-0.1, -0.05) is 27.2 Å². The van der Waals surface area contributed by atoms with E-state index in [4.69, 9.17) is 9.84 Å². The van der Waals surface area contributed by atoms with Gasteiger partial charge in [0.05, 0.1) is 6.10 Å². The molecule has 0 amide bonds. The summed E-state index contributed by atoms with van der Waals surface area (Å²) in [6, 6.07) is 0. The molecule has 0 aromatic heterocycles. The van der Waals surface area contributed by atoms with Gasteiger partial charge in [-0.2, -0.15) is 0 Å². The van der Waals surface area contributed by atoms with Gasteiger partial charge in [0.15, 0.2) is 0 Å². The number of rotatable bonds is 5. The standard InChI is InChI=1S/C13H26O2/c1-11(2)13(3)7-4-6-12(10-13)15-9-5-8-14/h11-12,14H,4-10H2,1-3H3. The summed E-state index contributed by atoms with van der Waals surface area (Å²) in [5.74, 6) is 0.738. The fraction of sp³-hybridized carbons (Fsp3) is 1.00. The molecule has 2 unspecified atom stereocenters. The molecule has 0 spiro atoms. The van der Waals surface area contributed by atoms with Crippen LogP contribution in [0, 0.1) is 11.3 Å². The highest BCUT2D eigenvalue weighted by atomic mass is 16.5. The van der Waals surface area contributed by atoms with Crippen molar-refractivity contribution in [2.24, 2.45) is 11.3 Å². The highest BCUT2D eigenvalue weighted by Gasteiger charge is 2.34. The first-order chi connectivity index (χ1) is 7.08. The minimum absolute atomic E-state index is 0.244. The molecule has 0 bridgehead atoms. The zero-order valence-electron chi connectivity index (χ0n) is 10.5. The van der Waals surface area contributed by atoms with Gasteiger partial charge in [0.2, 0.25) is 0 Å². The first kappa shape index (κ1) is 13.0. The van der Waals surface area contributed by atoms with Crippen LogP contribution in [0.1, 0.15) is 52.9 Å². The lowest BCUT2D eigenvalue weighted by molar-refractivity contribution is -0.0289. The van der Waals surface area contributed by atoms with Gasteiger partial charge in [-0.15, -0.1) is 0 Å². The van der Waals surface area contributed by atoms with E-state index in [2.05, 4.69) is 20.8 Å². The van der Waals surface area contributed by atoms with E-state index >= 15 is 0 Å². The van der Waals surface area contributed by atoms with Crippen molar-refractivity contribution in [3.8, 4) is 0 Å². The van der Waals surface area contributed by atoms with Crippen LogP contribution in [0.15, 0.2) is 0 Å². The van der Waals surface area contributed by atoms with E-state index < -0.39 is 0 Å². The fourth-order valence-corrected chi connectivity index (χ4v) is 2.44. The number of aliphatic hydroxyl groups is 1. The van der Waals surface area contributed by atoms with Crippen LogP contribution in [0.4, 0.5) is 0 Å². The van der Waals surface area contributed by atoms with Crippen LogP contribution >= 0.6 is 0 Å². The lowest BCUT2D eigenvalue weighted by Gasteiger charge is -2.41. The van der Waals surface area contributed by atoms with Crippen molar-refractivity contribution in [2.75, 3.05) is 13.2 Å². The smallest absolute Gasteiger partial charge is 0.0580 e. The molecule has 2 nitrogen and oxygen atoms in total. The van der Waals surface area contributed by atoms with E-state index in [-0.39, 0.29) is 6.61 Å². The molecule has 90 valence electrons. The summed E-state index contributed by atoms with van der Waals surface area (Å²) in [5, 5.41) is 8.71. The van der Waals surface area contributed by atoms with Gasteiger partial charge in [0.1, 0.15) is 0 Å². The van der Waals surface area contributed by atoms with E-state index in [0.717, 1.165) is 18.9 Å². The maximum Gasteiger partial charge on any atom is 0.0580 e. The summed E-state index contributed by atoms with van der Waals surface area (Å²) in [6.45, 7) is 7.98. The molecule has 0 radical (unpaired) electrons. The second-order valence-electron chi connectivity index (χ2n) is 5.48. The second kappa shape index (κ2) is 5.86. The van der Waals surface area contributed by atoms with Crippen LogP contribution in [0.2, 0.25) is 0 Å². The maximum atomic E-state index is 8.71. The normalized spacial score (nSPS) is 32.2. The summed E-state index contributed by atoms with van der Waals surface area (Å²) >= 11 is 0. The molecule has 1 saturated carbocycles. The molecule has 0 aromatic rings. The lowest BCUT2D eigenvalue weighted by Crippen LogP contribution is -2.34. The summed E-state index contributed by atoms with van der Waals surface area (Å²) in [6.07, 6.45) is 6.22. The Bertz CT molecular complexity index is 179. The predicted molar refractivity (Wildman–Crippen MR) is 62.9 cm³/mol. The van der Waals surface area contributed by atoms with Gasteiger partial charge in [0.25, 0.3) is 0 Å². The summed E-state index contributed by atoms with van der Waals surface area (Å²) in [7, 11) is 0. The lowest BCUT2D eigenvalue weighted by atomic mass is 9.67. The second-order valence-corrected chi connectivity index (χ2v) is 5.48. The number of hydrogen-bond donors (Lipinski definition) is 1. The molecule has 1 rings (SSSR count). The van der Waals surface area contributed by atoms with E-state index in [1.165, 1.54) is 25.7 Å². The first-order valence-electron chi connectivity index (χ1n) is 6.31. The molecule has 0 saturated heterocycles. The Morgan fingerprint density at radius 3 is 2.80 bits per heavy atom. The van der Waals surface area contributed by atoms with E-state index in [1.54, 1.807) is 0 Å². The van der Waals surface area contributed by atoms with Crippen molar-refractivity contribution in [1.82, 2.24) is 0 Å². The molecule has 1 N–H and O–H groups in total. The third-order valence-corrected chi connectivity index (χ3v) is 4.02. The average Bonchev–Trinajstić information content (AvgIpc) is 2.18. The first-order valence-corrected chi connectivity index (χ1v) is 6.31. The zero-order chi connectivity index (χ0) is 11.3. The molecule has 1 fully saturated rings. The minimum Gasteiger partial charge on any atom is -0.396 e. The summed E-state index contributed by atoms with van der Waals surface area (Å²) in [5.41, 5.74) is 0.460. The van der Waals surface area contributed by atoms with Crippen molar-refractivity contribution in [3.63, 3.8) is 0 Å². The van der Waals surface area contributed by atoms with Crippen molar-refractivity contribution in [1.29, 1.82) is 0 Å². The highest BCUT2D eigenvalue weighted by Crippen LogP contribution is 2.42. The summed E-state index contributed by atoms with van der Waals surface area (Å²) in [4.78, 5) is 0. The quantitative estimate of drug-likeness (QED) is 0.713. The Morgan fingerprint density at radius 1 is 1.47 bits per heavy atom. The third kappa shape index (κ3) is 3.76. The molecule has 0 aromatic carbocycles. The van der Waals surface area contributed by atoms with Gasteiger partial charge in [0, 0.05) is 13.2 Å². The molecule has 0 heterocycles. The Hall–Kier alpha value is -0.0800. The molecule has 2 heteroatoms. The number of hydrogen-bond acceptors (Lipinski definition) is 2.